The van der Waals surface area contributed by atoms with Crippen molar-refractivity contribution in [2.75, 3.05) is 33.8 Å². The van der Waals surface area contributed by atoms with Crippen molar-refractivity contribution in [2.24, 2.45) is 28.7 Å². The fraction of sp³-hybridized carbons (Fsp3) is 0.550. The van der Waals surface area contributed by atoms with E-state index in [-0.39, 0.29) is 35.2 Å². The van der Waals surface area contributed by atoms with Gasteiger partial charge in [0, 0.05) is 53.4 Å². The second kappa shape index (κ2) is 10.6. The molecule has 2 bridgehead atoms. The number of fused-ring (bicyclic) bond motifs is 6. The smallest absolute Gasteiger partial charge is 0.310 e. The van der Waals surface area contributed by atoms with E-state index in [1.807, 2.05) is 0 Å². The van der Waals surface area contributed by atoms with Gasteiger partial charge in [0.05, 0.1) is 24.1 Å². The Morgan fingerprint density at radius 3 is 2.89 bits per heavy atom. The van der Waals surface area contributed by atoms with Crippen LogP contribution in [0.3, 0.4) is 0 Å². The molecule has 0 unspecified atom stereocenters. The Morgan fingerprint density at radius 2 is 2.07 bits per heavy atom. The van der Waals surface area contributed by atoms with Gasteiger partial charge in [-0.1, -0.05) is 55.3 Å². The summed E-state index contributed by atoms with van der Waals surface area (Å²) in [5.41, 5.74) is 10.8. The molecule has 9 rings (SSSR count). The zero-order valence-corrected chi connectivity index (χ0v) is 27.9. The number of likely N-dealkylation sites (N-methyl/N-ethyl adjacent to an activating group) is 1. The topological polar surface area (TPSA) is 60.9 Å². The molecule has 2 aliphatic carbocycles. The molecule has 5 heterocycles. The minimum atomic E-state index is -0.199. The van der Waals surface area contributed by atoms with Crippen molar-refractivity contribution in [2.45, 2.75) is 82.2 Å². The first kappa shape index (κ1) is 29.0. The Labute approximate surface area is 273 Å². The Hall–Kier alpha value is -3.22. The summed E-state index contributed by atoms with van der Waals surface area (Å²) in [5.74, 6) is 1.62. The van der Waals surface area contributed by atoms with Crippen molar-refractivity contribution in [3.63, 3.8) is 0 Å². The summed E-state index contributed by atoms with van der Waals surface area (Å²) < 4.78 is 5.54. The SMILES string of the molecule is C/C=C1/CN(C)[C@H]2Cc3c([nH]c4ccccc34)[C@@H](c3ccc4c(c3)N=C3CC[C@H]5C[C@@H](CC)CN6CC[C@]34[C@@H]56)C[C@@H]1[C@@H]2C(=O)OC. The molecule has 6 heteroatoms. The lowest BCUT2D eigenvalue weighted by molar-refractivity contribution is -0.151. The molecule has 3 saturated heterocycles. The van der Waals surface area contributed by atoms with Crippen LogP contribution < -0.4 is 0 Å². The van der Waals surface area contributed by atoms with Crippen LogP contribution in [0, 0.1) is 23.7 Å². The Morgan fingerprint density at radius 1 is 1.20 bits per heavy atom. The van der Waals surface area contributed by atoms with E-state index in [4.69, 9.17) is 9.73 Å². The maximum absolute atomic E-state index is 13.6. The van der Waals surface area contributed by atoms with E-state index < -0.39 is 0 Å². The van der Waals surface area contributed by atoms with Gasteiger partial charge >= 0.3 is 5.97 Å². The normalized spacial score (nSPS) is 36.0. The fourth-order valence-electron chi connectivity index (χ4n) is 11.5. The summed E-state index contributed by atoms with van der Waals surface area (Å²) in [6, 6.07) is 16.8. The Balaban J connectivity index is 1.18. The summed E-state index contributed by atoms with van der Waals surface area (Å²) in [4.78, 5) is 28.3. The number of allylic oxidation sites excluding steroid dienone is 1. The molecular formula is C40H48N4O2. The zero-order valence-electron chi connectivity index (χ0n) is 27.9. The summed E-state index contributed by atoms with van der Waals surface area (Å²) in [7, 11) is 3.73. The van der Waals surface area contributed by atoms with E-state index in [1.165, 1.54) is 89.0 Å². The lowest BCUT2D eigenvalue weighted by atomic mass is 9.59. The summed E-state index contributed by atoms with van der Waals surface area (Å²) in [5, 5.41) is 1.28. The Kier molecular flexibility index (Phi) is 6.70. The van der Waals surface area contributed by atoms with Crippen LogP contribution in [0.25, 0.3) is 10.9 Å². The maximum Gasteiger partial charge on any atom is 0.310 e. The van der Waals surface area contributed by atoms with E-state index in [0.717, 1.165) is 37.6 Å². The van der Waals surface area contributed by atoms with E-state index in [1.54, 1.807) is 7.11 Å². The monoisotopic (exact) mass is 616 g/mol. The highest BCUT2D eigenvalue weighted by molar-refractivity contribution is 6.04. The molecule has 2 aromatic carbocycles. The molecule has 46 heavy (non-hydrogen) atoms. The summed E-state index contributed by atoms with van der Waals surface area (Å²) in [6.07, 6.45) is 10.3. The number of aromatic nitrogens is 1. The number of likely N-dealkylation sites (tertiary alicyclic amines) is 1. The number of rotatable bonds is 3. The highest BCUT2D eigenvalue weighted by Crippen LogP contribution is 2.59. The summed E-state index contributed by atoms with van der Waals surface area (Å²) >= 11 is 0. The number of nitrogens with one attached hydrogen (secondary N) is 1. The number of H-pyrrole nitrogens is 1. The molecule has 8 atom stereocenters. The van der Waals surface area contributed by atoms with Gasteiger partial charge in [-0.2, -0.15) is 0 Å². The van der Waals surface area contributed by atoms with Gasteiger partial charge in [0.2, 0.25) is 0 Å². The van der Waals surface area contributed by atoms with Gasteiger partial charge < -0.3 is 9.72 Å². The minimum absolute atomic E-state index is 0.0791. The molecule has 3 aromatic rings. The van der Waals surface area contributed by atoms with Crippen LogP contribution in [-0.2, 0) is 21.4 Å². The van der Waals surface area contributed by atoms with E-state index in [9.17, 15) is 4.79 Å². The van der Waals surface area contributed by atoms with Crippen LogP contribution in [0.2, 0.25) is 0 Å². The standard InChI is InChI=1S/C40H48N4O2/c1-5-23-17-26-12-14-35-40(15-16-44(21-23)38(26)40)31-13-11-25(18-33(31)41-35)29-19-28-24(6-2)22-43(3)34(36(28)39(45)46-4)20-30-27-9-7-8-10-32(27)42-37(29)30/h6-11,13,18,23,26,28-29,34,36,38,42H,5,12,14-17,19-22H2,1-4H3/b24-6-/t23-,26+,28+,29-,34+,36+,38-,40-/m1/s1. The lowest BCUT2D eigenvalue weighted by Gasteiger charge is -2.50. The number of esters is 1. The molecule has 1 spiro atoms. The number of methoxy groups -OCH3 is 1. The largest absolute Gasteiger partial charge is 0.469 e. The van der Waals surface area contributed by atoms with Crippen molar-refractivity contribution < 1.29 is 9.53 Å². The predicted molar refractivity (Wildman–Crippen MR) is 184 cm³/mol. The van der Waals surface area contributed by atoms with E-state index >= 15 is 0 Å². The average molecular weight is 617 g/mol. The molecule has 4 fully saturated rings. The predicted octanol–water partition coefficient (Wildman–Crippen LogP) is 7.15. The van der Waals surface area contributed by atoms with Gasteiger partial charge in [0.15, 0.2) is 0 Å². The summed E-state index contributed by atoms with van der Waals surface area (Å²) in [6.45, 7) is 7.88. The number of hydrogen-bond acceptors (Lipinski definition) is 5. The van der Waals surface area contributed by atoms with Gasteiger partial charge in [-0.25, -0.2) is 0 Å². The van der Waals surface area contributed by atoms with Crippen LogP contribution in [0.4, 0.5) is 5.69 Å². The third kappa shape index (κ3) is 3.95. The first-order chi connectivity index (χ1) is 22.4. The molecular weight excluding hydrogens is 568 g/mol. The number of hydrogen-bond donors (Lipinski definition) is 1. The molecule has 1 saturated carbocycles. The van der Waals surface area contributed by atoms with Gasteiger partial charge in [0.25, 0.3) is 0 Å². The molecule has 6 aliphatic rings. The average Bonchev–Trinajstić information content (AvgIpc) is 3.75. The number of benzene rings is 2. The van der Waals surface area contributed by atoms with Crippen molar-refractivity contribution in [1.82, 2.24) is 14.8 Å². The lowest BCUT2D eigenvalue weighted by Crippen LogP contribution is -2.57. The number of aromatic amines is 1. The molecule has 0 radical (unpaired) electrons. The van der Waals surface area contributed by atoms with Gasteiger partial charge in [-0.15, -0.1) is 0 Å². The minimum Gasteiger partial charge on any atom is -0.469 e. The molecule has 240 valence electrons. The van der Waals surface area contributed by atoms with E-state index in [2.05, 4.69) is 84.2 Å². The Bertz CT molecular complexity index is 1790. The maximum atomic E-state index is 13.6. The van der Waals surface area contributed by atoms with Crippen molar-refractivity contribution in [3.05, 3.63) is 76.5 Å². The number of carbonyl (C=O) groups excluding carboxylic acids is 1. The molecule has 1 N–H and O–H groups in total. The molecule has 4 aliphatic heterocycles. The molecule has 0 amide bonds. The first-order valence-corrected chi connectivity index (χ1v) is 17.9. The highest BCUT2D eigenvalue weighted by Gasteiger charge is 2.61. The van der Waals surface area contributed by atoms with Crippen molar-refractivity contribution >= 4 is 28.3 Å². The third-order valence-corrected chi connectivity index (χ3v) is 13.5. The number of piperidine rings is 2. The number of nitrogens with zero attached hydrogens (tertiary/aromatic N) is 3. The third-order valence-electron chi connectivity index (χ3n) is 13.5. The van der Waals surface area contributed by atoms with Crippen LogP contribution in [0.5, 0.6) is 0 Å². The van der Waals surface area contributed by atoms with Gasteiger partial charge in [-0.3, -0.25) is 19.6 Å². The van der Waals surface area contributed by atoms with Crippen molar-refractivity contribution in [1.29, 1.82) is 0 Å². The molecule has 6 nitrogen and oxygen atoms in total. The number of aliphatic imine (C=N–C) groups is 1. The second-order valence-corrected chi connectivity index (χ2v) is 15.4. The fourth-order valence-corrected chi connectivity index (χ4v) is 11.5. The van der Waals surface area contributed by atoms with E-state index in [0.29, 0.717) is 6.04 Å². The zero-order chi connectivity index (χ0) is 31.3. The first-order valence-electron chi connectivity index (χ1n) is 17.9. The number of ether oxygens (including phenoxy) is 1. The second-order valence-electron chi connectivity index (χ2n) is 15.4. The number of para-hydroxylation sites is 1. The van der Waals surface area contributed by atoms with Crippen LogP contribution >= 0.6 is 0 Å². The molecule has 1 aromatic heterocycles. The van der Waals surface area contributed by atoms with Gasteiger partial charge in [0.1, 0.15) is 0 Å². The van der Waals surface area contributed by atoms with Crippen LogP contribution in [0.1, 0.15) is 80.7 Å². The van der Waals surface area contributed by atoms with Crippen LogP contribution in [0.15, 0.2) is 59.1 Å². The van der Waals surface area contributed by atoms with Crippen molar-refractivity contribution in [3.8, 4) is 0 Å². The number of carbonyl (C=O) groups is 1. The van der Waals surface area contributed by atoms with Crippen LogP contribution in [-0.4, -0.2) is 72.3 Å². The van der Waals surface area contributed by atoms with Gasteiger partial charge in [-0.05, 0) is 106 Å². The highest BCUT2D eigenvalue weighted by atomic mass is 16.5. The quantitative estimate of drug-likeness (QED) is 0.251.